The molecule has 0 aromatic carbocycles. The summed E-state index contributed by atoms with van der Waals surface area (Å²) in [6, 6.07) is 1.73. The van der Waals surface area contributed by atoms with Crippen LogP contribution in [0.5, 0.6) is 0 Å². The first-order chi connectivity index (χ1) is 12.2. The quantitative estimate of drug-likeness (QED) is 0.898. The van der Waals surface area contributed by atoms with Gasteiger partial charge in [0.05, 0.1) is 24.2 Å². The molecule has 1 atom stereocenters. The van der Waals surface area contributed by atoms with Gasteiger partial charge >= 0.3 is 0 Å². The Kier molecular flexibility index (Phi) is 4.25. The molecule has 1 spiro atoms. The van der Waals surface area contributed by atoms with Gasteiger partial charge in [0.15, 0.2) is 5.82 Å². The second kappa shape index (κ2) is 6.55. The Morgan fingerprint density at radius 2 is 1.88 bits per heavy atom. The van der Waals surface area contributed by atoms with E-state index in [0.29, 0.717) is 12.2 Å². The first kappa shape index (κ1) is 16.2. The summed E-state index contributed by atoms with van der Waals surface area (Å²) >= 11 is 0. The van der Waals surface area contributed by atoms with Crippen LogP contribution in [0.15, 0.2) is 37.1 Å². The van der Waals surface area contributed by atoms with E-state index in [0.717, 1.165) is 44.7 Å². The van der Waals surface area contributed by atoms with Crippen molar-refractivity contribution in [3.8, 4) is 0 Å². The Labute approximate surface area is 146 Å². The predicted octanol–water partition coefficient (Wildman–Crippen LogP) is 1.87. The molecule has 2 aliphatic heterocycles. The predicted molar refractivity (Wildman–Crippen MR) is 92.9 cm³/mol. The van der Waals surface area contributed by atoms with Crippen molar-refractivity contribution in [2.45, 2.75) is 25.4 Å². The minimum atomic E-state index is -0.375. The van der Waals surface area contributed by atoms with Crippen LogP contribution in [-0.2, 0) is 0 Å². The molecular formula is C18H22FN5O. The van der Waals surface area contributed by atoms with Crippen LogP contribution in [0, 0.1) is 11.2 Å². The van der Waals surface area contributed by atoms with E-state index in [1.165, 1.54) is 6.20 Å². The van der Waals surface area contributed by atoms with Gasteiger partial charge in [-0.15, -0.1) is 0 Å². The number of aliphatic hydroxyl groups excluding tert-OH is 1. The van der Waals surface area contributed by atoms with Gasteiger partial charge in [0, 0.05) is 44.8 Å². The van der Waals surface area contributed by atoms with Crippen molar-refractivity contribution in [2.24, 2.45) is 5.41 Å². The molecule has 132 valence electrons. The molecule has 1 N–H and O–H groups in total. The van der Waals surface area contributed by atoms with Crippen LogP contribution in [0.25, 0.3) is 0 Å². The molecule has 0 radical (unpaired) electrons. The molecule has 2 fully saturated rings. The van der Waals surface area contributed by atoms with Gasteiger partial charge < -0.3 is 14.9 Å². The molecule has 0 amide bonds. The number of rotatable bonds is 2. The highest BCUT2D eigenvalue weighted by atomic mass is 19.1. The fourth-order valence-electron chi connectivity index (χ4n) is 4.19. The lowest BCUT2D eigenvalue weighted by Gasteiger charge is -2.49. The third-order valence-electron chi connectivity index (χ3n) is 5.42. The fraction of sp³-hybridized carbons (Fsp3) is 0.500. The maximum atomic E-state index is 14.0. The second-order valence-electron chi connectivity index (χ2n) is 7.12. The first-order valence-electron chi connectivity index (χ1n) is 8.69. The monoisotopic (exact) mass is 343 g/mol. The van der Waals surface area contributed by atoms with Crippen molar-refractivity contribution in [3.63, 3.8) is 0 Å². The molecular weight excluding hydrogens is 321 g/mol. The van der Waals surface area contributed by atoms with Gasteiger partial charge in [0.25, 0.3) is 0 Å². The highest BCUT2D eigenvalue weighted by molar-refractivity contribution is 5.47. The lowest BCUT2D eigenvalue weighted by atomic mass is 9.71. The van der Waals surface area contributed by atoms with E-state index in [4.69, 9.17) is 0 Å². The minimum absolute atomic E-state index is 0.0369. The van der Waals surface area contributed by atoms with Crippen LogP contribution in [0.4, 0.5) is 15.9 Å². The largest absolute Gasteiger partial charge is 0.391 e. The lowest BCUT2D eigenvalue weighted by molar-refractivity contribution is 0.0594. The molecule has 0 saturated carbocycles. The number of aromatic nitrogens is 3. The molecule has 0 bridgehead atoms. The van der Waals surface area contributed by atoms with Gasteiger partial charge in [-0.05, 0) is 30.7 Å². The third-order valence-corrected chi connectivity index (χ3v) is 5.42. The SMILES string of the molecule is OC1CN(c2cnccn2)CC2(CCN(c3ccncc3F)CC2)C1. The molecule has 7 heteroatoms. The maximum Gasteiger partial charge on any atom is 0.164 e. The van der Waals surface area contributed by atoms with Crippen molar-refractivity contribution in [1.82, 2.24) is 15.0 Å². The summed E-state index contributed by atoms with van der Waals surface area (Å²) in [5, 5.41) is 10.4. The van der Waals surface area contributed by atoms with Crippen LogP contribution in [0.3, 0.4) is 0 Å². The van der Waals surface area contributed by atoms with Gasteiger partial charge in [-0.2, -0.15) is 0 Å². The number of hydrogen-bond donors (Lipinski definition) is 1. The van der Waals surface area contributed by atoms with E-state index < -0.39 is 0 Å². The van der Waals surface area contributed by atoms with Gasteiger partial charge in [0.1, 0.15) is 5.82 Å². The normalized spacial score (nSPS) is 23.0. The van der Waals surface area contributed by atoms with Crippen molar-refractivity contribution in [3.05, 3.63) is 42.9 Å². The Morgan fingerprint density at radius 1 is 1.08 bits per heavy atom. The van der Waals surface area contributed by atoms with Crippen molar-refractivity contribution in [2.75, 3.05) is 36.0 Å². The molecule has 6 nitrogen and oxygen atoms in total. The zero-order valence-corrected chi connectivity index (χ0v) is 14.1. The molecule has 2 saturated heterocycles. The second-order valence-corrected chi connectivity index (χ2v) is 7.12. The Bertz CT molecular complexity index is 720. The van der Waals surface area contributed by atoms with Crippen LogP contribution in [-0.4, -0.2) is 52.3 Å². The number of aliphatic hydroxyl groups is 1. The molecule has 2 aliphatic rings. The highest BCUT2D eigenvalue weighted by Gasteiger charge is 2.42. The molecule has 2 aromatic heterocycles. The molecule has 4 rings (SSSR count). The average molecular weight is 343 g/mol. The number of β-amino-alcohol motifs (C(OH)–C–C–N with tert-alkyl or cyclic N) is 1. The number of halogens is 1. The Balaban J connectivity index is 1.49. The van der Waals surface area contributed by atoms with E-state index >= 15 is 0 Å². The maximum absolute atomic E-state index is 14.0. The number of piperidine rings is 2. The molecule has 1 unspecified atom stereocenters. The standard InChI is InChI=1S/C18H22FN5O/c19-15-10-20-4-1-16(15)23-7-2-18(3-8-23)9-14(25)12-24(13-18)17-11-21-5-6-22-17/h1,4-6,10-11,14,25H,2-3,7-9,12-13H2. The van der Waals surface area contributed by atoms with Crippen molar-refractivity contribution >= 4 is 11.5 Å². The summed E-state index contributed by atoms with van der Waals surface area (Å²) in [4.78, 5) is 16.5. The van der Waals surface area contributed by atoms with Crippen molar-refractivity contribution < 1.29 is 9.50 Å². The summed E-state index contributed by atoms with van der Waals surface area (Å²) in [7, 11) is 0. The van der Waals surface area contributed by atoms with Gasteiger partial charge in [-0.1, -0.05) is 0 Å². The summed E-state index contributed by atoms with van der Waals surface area (Å²) in [5.41, 5.74) is 0.654. The van der Waals surface area contributed by atoms with Crippen LogP contribution >= 0.6 is 0 Å². The number of hydrogen-bond acceptors (Lipinski definition) is 6. The Morgan fingerprint density at radius 3 is 2.60 bits per heavy atom. The highest BCUT2D eigenvalue weighted by Crippen LogP contribution is 2.41. The molecule has 0 aliphatic carbocycles. The average Bonchev–Trinajstić information content (AvgIpc) is 2.63. The zero-order chi connectivity index (χ0) is 17.3. The van der Waals surface area contributed by atoms with Crippen LogP contribution in [0.2, 0.25) is 0 Å². The summed E-state index contributed by atoms with van der Waals surface area (Å²) < 4.78 is 14.0. The minimum Gasteiger partial charge on any atom is -0.391 e. The summed E-state index contributed by atoms with van der Waals surface area (Å²) in [6.45, 7) is 3.00. The van der Waals surface area contributed by atoms with Gasteiger partial charge in [-0.25, -0.2) is 9.37 Å². The molecule has 25 heavy (non-hydrogen) atoms. The van der Waals surface area contributed by atoms with Crippen molar-refractivity contribution in [1.29, 1.82) is 0 Å². The summed E-state index contributed by atoms with van der Waals surface area (Å²) in [6.07, 6.45) is 10.2. The van der Waals surface area contributed by atoms with E-state index in [2.05, 4.69) is 24.8 Å². The van der Waals surface area contributed by atoms with Crippen LogP contribution in [0.1, 0.15) is 19.3 Å². The number of nitrogens with zero attached hydrogens (tertiary/aromatic N) is 5. The first-order valence-corrected chi connectivity index (χ1v) is 8.69. The van der Waals surface area contributed by atoms with Crippen LogP contribution < -0.4 is 9.80 Å². The topological polar surface area (TPSA) is 65.4 Å². The molecule has 4 heterocycles. The molecule has 2 aromatic rings. The van der Waals surface area contributed by atoms with Gasteiger partial charge in [-0.3, -0.25) is 9.97 Å². The third kappa shape index (κ3) is 3.28. The lowest BCUT2D eigenvalue weighted by Crippen LogP contribution is -2.54. The van der Waals surface area contributed by atoms with E-state index in [9.17, 15) is 9.50 Å². The number of pyridine rings is 1. The fourth-order valence-corrected chi connectivity index (χ4v) is 4.19. The van der Waals surface area contributed by atoms with E-state index in [-0.39, 0.29) is 17.3 Å². The van der Waals surface area contributed by atoms with E-state index in [1.807, 2.05) is 0 Å². The smallest absolute Gasteiger partial charge is 0.164 e. The van der Waals surface area contributed by atoms with Gasteiger partial charge in [0.2, 0.25) is 0 Å². The number of anilines is 2. The van der Waals surface area contributed by atoms with E-state index in [1.54, 1.807) is 30.9 Å². The Hall–Kier alpha value is -2.28. The zero-order valence-electron chi connectivity index (χ0n) is 14.1. The summed E-state index contributed by atoms with van der Waals surface area (Å²) in [5.74, 6) is 0.534.